The molecule has 0 radical (unpaired) electrons. The first-order chi connectivity index (χ1) is 13.0. The molecule has 1 amide bonds. The van der Waals surface area contributed by atoms with Crippen LogP contribution in [-0.4, -0.2) is 25.7 Å². The van der Waals surface area contributed by atoms with Gasteiger partial charge < -0.3 is 5.32 Å². The summed E-state index contributed by atoms with van der Waals surface area (Å²) in [5.74, 6) is 0.937. The maximum Gasteiger partial charge on any atom is 0.275 e. The Labute approximate surface area is 156 Å². The SMILES string of the molecule is Cc1cc(NC(=O)c2ccccn2)n(-c2cc(C)c3cccc(C)c3n2)n1. The molecule has 0 atom stereocenters. The topological polar surface area (TPSA) is 72.7 Å². The Morgan fingerprint density at radius 1 is 1.00 bits per heavy atom. The summed E-state index contributed by atoms with van der Waals surface area (Å²) in [6, 6.07) is 15.2. The van der Waals surface area contributed by atoms with Gasteiger partial charge in [0.15, 0.2) is 5.82 Å². The maximum absolute atomic E-state index is 12.5. The number of fused-ring (bicyclic) bond motifs is 1. The number of nitrogens with one attached hydrogen (secondary N) is 1. The van der Waals surface area contributed by atoms with Crippen LogP contribution in [0.25, 0.3) is 16.7 Å². The first-order valence-electron chi connectivity index (χ1n) is 8.69. The minimum absolute atomic E-state index is 0.287. The third-order valence-electron chi connectivity index (χ3n) is 4.42. The molecular formula is C21H19N5O. The fourth-order valence-corrected chi connectivity index (χ4v) is 3.09. The maximum atomic E-state index is 12.5. The Morgan fingerprint density at radius 2 is 1.85 bits per heavy atom. The fraction of sp³-hybridized carbons (Fsp3) is 0.143. The highest BCUT2D eigenvalue weighted by atomic mass is 16.2. The van der Waals surface area contributed by atoms with Crippen molar-refractivity contribution in [1.29, 1.82) is 0 Å². The molecule has 6 nitrogen and oxygen atoms in total. The Hall–Kier alpha value is -3.54. The van der Waals surface area contributed by atoms with Gasteiger partial charge in [0.2, 0.25) is 0 Å². The van der Waals surface area contributed by atoms with Gasteiger partial charge in [-0.3, -0.25) is 9.78 Å². The van der Waals surface area contributed by atoms with Gasteiger partial charge in [-0.05, 0) is 50.1 Å². The second-order valence-electron chi connectivity index (χ2n) is 6.52. The van der Waals surface area contributed by atoms with Crippen LogP contribution in [0.1, 0.15) is 27.3 Å². The summed E-state index contributed by atoms with van der Waals surface area (Å²) in [4.78, 5) is 21.4. The predicted molar refractivity (Wildman–Crippen MR) is 105 cm³/mol. The van der Waals surface area contributed by atoms with Crippen LogP contribution in [0.5, 0.6) is 0 Å². The number of amides is 1. The van der Waals surface area contributed by atoms with Crippen molar-refractivity contribution in [3.05, 3.63) is 77.2 Å². The lowest BCUT2D eigenvalue weighted by atomic mass is 10.1. The molecule has 0 saturated heterocycles. The number of hydrogen-bond acceptors (Lipinski definition) is 4. The Bertz CT molecular complexity index is 1150. The van der Waals surface area contributed by atoms with Gasteiger partial charge >= 0.3 is 0 Å². The largest absolute Gasteiger partial charge is 0.305 e. The van der Waals surface area contributed by atoms with Crippen LogP contribution in [0.4, 0.5) is 5.82 Å². The molecule has 6 heteroatoms. The zero-order valence-electron chi connectivity index (χ0n) is 15.4. The standard InChI is InChI=1S/C21H19N5O/c1-13-7-6-8-16-14(2)11-18(23-20(13)16)26-19(12-15(3)25-26)24-21(27)17-9-4-5-10-22-17/h4-12H,1-3H3,(H,24,27). The van der Waals surface area contributed by atoms with E-state index in [0.717, 1.165) is 27.7 Å². The van der Waals surface area contributed by atoms with Gasteiger partial charge in [-0.2, -0.15) is 9.78 Å². The highest BCUT2D eigenvalue weighted by Crippen LogP contribution is 2.24. The first-order valence-corrected chi connectivity index (χ1v) is 8.69. The average molecular weight is 357 g/mol. The number of aromatic nitrogens is 4. The van der Waals surface area contributed by atoms with E-state index in [0.29, 0.717) is 17.3 Å². The summed E-state index contributed by atoms with van der Waals surface area (Å²) in [5.41, 5.74) is 4.27. The number of aryl methyl sites for hydroxylation is 3. The summed E-state index contributed by atoms with van der Waals surface area (Å²) in [7, 11) is 0. The third-order valence-corrected chi connectivity index (χ3v) is 4.42. The van der Waals surface area contributed by atoms with Crippen molar-refractivity contribution in [3.8, 4) is 5.82 Å². The molecule has 27 heavy (non-hydrogen) atoms. The summed E-state index contributed by atoms with van der Waals surface area (Å²) >= 11 is 0. The molecule has 134 valence electrons. The summed E-state index contributed by atoms with van der Waals surface area (Å²) < 4.78 is 1.66. The quantitative estimate of drug-likeness (QED) is 0.602. The van der Waals surface area contributed by atoms with E-state index in [1.807, 2.05) is 38.1 Å². The molecule has 4 rings (SSSR count). The van der Waals surface area contributed by atoms with E-state index < -0.39 is 0 Å². The number of benzene rings is 1. The van der Waals surface area contributed by atoms with Crippen molar-refractivity contribution in [2.45, 2.75) is 20.8 Å². The molecule has 0 fully saturated rings. The van der Waals surface area contributed by atoms with E-state index in [4.69, 9.17) is 4.98 Å². The first kappa shape index (κ1) is 16.9. The van der Waals surface area contributed by atoms with Gasteiger partial charge in [-0.15, -0.1) is 0 Å². The second kappa shape index (κ2) is 6.64. The van der Waals surface area contributed by atoms with E-state index in [1.54, 1.807) is 29.1 Å². The van der Waals surface area contributed by atoms with E-state index in [9.17, 15) is 4.79 Å². The van der Waals surface area contributed by atoms with Crippen molar-refractivity contribution in [2.75, 3.05) is 5.32 Å². The molecule has 0 spiro atoms. The third kappa shape index (κ3) is 3.17. The van der Waals surface area contributed by atoms with Gasteiger partial charge in [0.05, 0.1) is 11.2 Å². The Balaban J connectivity index is 1.78. The van der Waals surface area contributed by atoms with Crippen LogP contribution in [0.3, 0.4) is 0 Å². The lowest BCUT2D eigenvalue weighted by Gasteiger charge is -2.11. The number of rotatable bonds is 3. The van der Waals surface area contributed by atoms with Crippen LogP contribution < -0.4 is 5.32 Å². The fourth-order valence-electron chi connectivity index (χ4n) is 3.09. The summed E-state index contributed by atoms with van der Waals surface area (Å²) in [6.07, 6.45) is 1.59. The van der Waals surface area contributed by atoms with Gasteiger partial charge in [0.1, 0.15) is 11.5 Å². The summed E-state index contributed by atoms with van der Waals surface area (Å²) in [6.45, 7) is 5.97. The summed E-state index contributed by atoms with van der Waals surface area (Å²) in [5, 5.41) is 8.52. The van der Waals surface area contributed by atoms with Crippen LogP contribution in [0.15, 0.2) is 54.7 Å². The van der Waals surface area contributed by atoms with Gasteiger partial charge in [-0.25, -0.2) is 4.98 Å². The van der Waals surface area contributed by atoms with Crippen molar-refractivity contribution in [2.24, 2.45) is 0 Å². The molecule has 1 aromatic carbocycles. The minimum Gasteiger partial charge on any atom is -0.305 e. The van der Waals surface area contributed by atoms with E-state index >= 15 is 0 Å². The highest BCUT2D eigenvalue weighted by molar-refractivity contribution is 6.02. The minimum atomic E-state index is -0.287. The predicted octanol–water partition coefficient (Wildman–Crippen LogP) is 3.99. The molecule has 4 aromatic rings. The lowest BCUT2D eigenvalue weighted by molar-refractivity contribution is 0.102. The molecule has 0 bridgehead atoms. The molecule has 3 aromatic heterocycles. The van der Waals surface area contributed by atoms with Gasteiger partial charge in [-0.1, -0.05) is 24.3 Å². The zero-order valence-corrected chi connectivity index (χ0v) is 15.4. The number of para-hydroxylation sites is 1. The monoisotopic (exact) mass is 357 g/mol. The number of anilines is 1. The highest BCUT2D eigenvalue weighted by Gasteiger charge is 2.15. The van der Waals surface area contributed by atoms with Crippen molar-refractivity contribution in [3.63, 3.8) is 0 Å². The van der Waals surface area contributed by atoms with Crippen molar-refractivity contribution in [1.82, 2.24) is 19.7 Å². The molecule has 0 aliphatic heterocycles. The molecule has 0 aliphatic rings. The number of hydrogen-bond donors (Lipinski definition) is 1. The molecule has 3 heterocycles. The zero-order chi connectivity index (χ0) is 19.0. The number of pyridine rings is 2. The van der Waals surface area contributed by atoms with Crippen molar-refractivity contribution < 1.29 is 4.79 Å². The number of carbonyl (C=O) groups is 1. The molecule has 0 saturated carbocycles. The van der Waals surface area contributed by atoms with Crippen LogP contribution in [0, 0.1) is 20.8 Å². The molecule has 0 aliphatic carbocycles. The molecular weight excluding hydrogens is 338 g/mol. The number of nitrogens with zero attached hydrogens (tertiary/aromatic N) is 4. The van der Waals surface area contributed by atoms with E-state index in [-0.39, 0.29) is 5.91 Å². The smallest absolute Gasteiger partial charge is 0.275 e. The van der Waals surface area contributed by atoms with Crippen LogP contribution in [0.2, 0.25) is 0 Å². The lowest BCUT2D eigenvalue weighted by Crippen LogP contribution is -2.16. The average Bonchev–Trinajstić information content (AvgIpc) is 3.03. The van der Waals surface area contributed by atoms with Crippen LogP contribution in [-0.2, 0) is 0 Å². The van der Waals surface area contributed by atoms with E-state index in [1.165, 1.54) is 0 Å². The Kier molecular flexibility index (Phi) is 4.16. The van der Waals surface area contributed by atoms with Crippen molar-refractivity contribution >= 4 is 22.6 Å². The van der Waals surface area contributed by atoms with Gasteiger partial charge in [0.25, 0.3) is 5.91 Å². The molecule has 0 unspecified atom stereocenters. The van der Waals surface area contributed by atoms with Gasteiger partial charge in [0, 0.05) is 17.6 Å². The van der Waals surface area contributed by atoms with Crippen LogP contribution >= 0.6 is 0 Å². The normalized spacial score (nSPS) is 10.9. The number of carbonyl (C=O) groups excluding carboxylic acids is 1. The Morgan fingerprint density at radius 3 is 2.63 bits per heavy atom. The molecule has 1 N–H and O–H groups in total. The van der Waals surface area contributed by atoms with E-state index in [2.05, 4.69) is 28.4 Å². The second-order valence-corrected chi connectivity index (χ2v) is 6.52.